The largest absolute Gasteiger partial charge is 0.361 e. The lowest BCUT2D eigenvalue weighted by Crippen LogP contribution is -2.12. The van der Waals surface area contributed by atoms with Gasteiger partial charge in [0.25, 0.3) is 0 Å². The molecule has 2 N–H and O–H groups in total. The molecule has 0 unspecified atom stereocenters. The molecule has 1 aromatic carbocycles. The van der Waals surface area contributed by atoms with E-state index in [1.54, 1.807) is 0 Å². The summed E-state index contributed by atoms with van der Waals surface area (Å²) in [7, 11) is 0. The van der Waals surface area contributed by atoms with Crippen LogP contribution in [0.2, 0.25) is 0 Å². The van der Waals surface area contributed by atoms with Gasteiger partial charge in [-0.1, -0.05) is 17.3 Å². The highest BCUT2D eigenvalue weighted by molar-refractivity contribution is 7.14. The van der Waals surface area contributed by atoms with Crippen molar-refractivity contribution in [3.63, 3.8) is 0 Å². The van der Waals surface area contributed by atoms with Crippen LogP contribution in [0.1, 0.15) is 30.4 Å². The molecule has 2 heterocycles. The van der Waals surface area contributed by atoms with E-state index >= 15 is 0 Å². The minimum atomic E-state index is -0.113. The van der Waals surface area contributed by atoms with Crippen LogP contribution in [0.4, 0.5) is 10.8 Å². The highest BCUT2D eigenvalue weighted by atomic mass is 32.1. The van der Waals surface area contributed by atoms with E-state index in [1.807, 2.05) is 43.5 Å². The molecule has 3 rings (SSSR count). The molecule has 27 heavy (non-hydrogen) atoms. The van der Waals surface area contributed by atoms with Crippen LogP contribution in [-0.4, -0.2) is 22.0 Å². The minimum absolute atomic E-state index is 0.100. The van der Waals surface area contributed by atoms with Crippen molar-refractivity contribution in [3.05, 3.63) is 46.7 Å². The normalized spacial score (nSPS) is 10.6. The second-order valence-corrected chi connectivity index (χ2v) is 7.01. The second-order valence-electron chi connectivity index (χ2n) is 6.15. The van der Waals surface area contributed by atoms with E-state index in [9.17, 15) is 9.59 Å². The highest BCUT2D eigenvalue weighted by Crippen LogP contribution is 2.26. The van der Waals surface area contributed by atoms with Crippen LogP contribution < -0.4 is 10.6 Å². The molecule has 0 saturated carbocycles. The van der Waals surface area contributed by atoms with Crippen LogP contribution in [0.15, 0.2) is 34.2 Å². The first-order valence-electron chi connectivity index (χ1n) is 8.47. The summed E-state index contributed by atoms with van der Waals surface area (Å²) >= 11 is 1.37. The summed E-state index contributed by atoms with van der Waals surface area (Å²) in [6, 6.07) is 7.39. The van der Waals surface area contributed by atoms with E-state index in [4.69, 9.17) is 4.52 Å². The van der Waals surface area contributed by atoms with E-state index in [0.717, 1.165) is 34.0 Å². The second kappa shape index (κ2) is 8.13. The smallest absolute Gasteiger partial charge is 0.226 e. The van der Waals surface area contributed by atoms with Crippen molar-refractivity contribution in [3.8, 4) is 11.3 Å². The molecule has 0 saturated heterocycles. The Kier molecular flexibility index (Phi) is 5.66. The van der Waals surface area contributed by atoms with Gasteiger partial charge in [-0.2, -0.15) is 0 Å². The Morgan fingerprint density at radius 1 is 1.15 bits per heavy atom. The average molecular weight is 384 g/mol. The Morgan fingerprint density at radius 2 is 1.89 bits per heavy atom. The van der Waals surface area contributed by atoms with E-state index < -0.39 is 0 Å². The number of carbonyl (C=O) groups is 2. The maximum atomic E-state index is 12.2. The van der Waals surface area contributed by atoms with Crippen molar-refractivity contribution in [2.45, 2.75) is 33.6 Å². The number of aryl methyl sites for hydroxylation is 2. The summed E-state index contributed by atoms with van der Waals surface area (Å²) in [4.78, 5) is 27.7. The fraction of sp³-hybridized carbons (Fsp3) is 0.263. The van der Waals surface area contributed by atoms with E-state index in [2.05, 4.69) is 20.8 Å². The third-order valence-corrected chi connectivity index (χ3v) is 4.79. The summed E-state index contributed by atoms with van der Waals surface area (Å²) in [5, 5.41) is 11.9. The molecular weight excluding hydrogens is 364 g/mol. The molecule has 7 nitrogen and oxygen atoms in total. The van der Waals surface area contributed by atoms with Crippen molar-refractivity contribution in [2.75, 3.05) is 10.6 Å². The maximum Gasteiger partial charge on any atom is 0.226 e. The van der Waals surface area contributed by atoms with Crippen molar-refractivity contribution >= 4 is 34.0 Å². The zero-order chi connectivity index (χ0) is 19.4. The van der Waals surface area contributed by atoms with Crippen molar-refractivity contribution in [1.82, 2.24) is 10.1 Å². The van der Waals surface area contributed by atoms with Crippen LogP contribution in [0.3, 0.4) is 0 Å². The Bertz CT molecular complexity index is 940. The van der Waals surface area contributed by atoms with Gasteiger partial charge < -0.3 is 15.2 Å². The topological polar surface area (TPSA) is 97.1 Å². The molecule has 0 aliphatic carbocycles. The molecule has 3 aromatic rings. The molecule has 0 aliphatic rings. The number of amides is 2. The minimum Gasteiger partial charge on any atom is -0.361 e. The predicted molar refractivity (Wildman–Crippen MR) is 105 cm³/mol. The van der Waals surface area contributed by atoms with E-state index in [-0.39, 0.29) is 11.8 Å². The summed E-state index contributed by atoms with van der Waals surface area (Å²) in [6.07, 6.45) is 0.916. The zero-order valence-corrected chi connectivity index (χ0v) is 16.1. The van der Waals surface area contributed by atoms with Gasteiger partial charge in [0.2, 0.25) is 11.8 Å². The van der Waals surface area contributed by atoms with Crippen LogP contribution >= 0.6 is 11.3 Å². The summed E-state index contributed by atoms with van der Waals surface area (Å²) < 4.78 is 5.11. The lowest BCUT2D eigenvalue weighted by molar-refractivity contribution is -0.116. The lowest BCUT2D eigenvalue weighted by Gasteiger charge is -2.03. The number of thiazole rings is 1. The van der Waals surface area contributed by atoms with Crippen LogP contribution in [0, 0.1) is 13.8 Å². The number of hydrogen-bond donors (Lipinski definition) is 2. The van der Waals surface area contributed by atoms with Gasteiger partial charge in [0.05, 0.1) is 11.4 Å². The van der Waals surface area contributed by atoms with Gasteiger partial charge in [-0.15, -0.1) is 11.3 Å². The van der Waals surface area contributed by atoms with Gasteiger partial charge in [-0.05, 0) is 32.4 Å². The molecule has 0 spiro atoms. The van der Waals surface area contributed by atoms with Crippen molar-refractivity contribution in [1.29, 1.82) is 0 Å². The van der Waals surface area contributed by atoms with Crippen LogP contribution in [-0.2, 0) is 16.0 Å². The Balaban J connectivity index is 1.58. The van der Waals surface area contributed by atoms with Crippen molar-refractivity contribution in [2.24, 2.45) is 0 Å². The number of hydrogen-bond acceptors (Lipinski definition) is 6. The molecule has 2 amide bonds. The van der Waals surface area contributed by atoms with E-state index in [0.29, 0.717) is 18.0 Å². The standard InChI is InChI=1S/C19H20N4O3S/c1-11-16(12(2)26-23-11)8-9-18(25)22-19-21-17(10-27-19)14-4-6-15(7-5-14)20-13(3)24/h4-7,10H,8-9H2,1-3H3,(H,20,24)(H,21,22,25). The summed E-state index contributed by atoms with van der Waals surface area (Å²) in [5.41, 5.74) is 4.21. The summed E-state index contributed by atoms with van der Waals surface area (Å²) in [5.74, 6) is 0.537. The van der Waals surface area contributed by atoms with Crippen molar-refractivity contribution < 1.29 is 14.1 Å². The van der Waals surface area contributed by atoms with Gasteiger partial charge >= 0.3 is 0 Å². The fourth-order valence-electron chi connectivity index (χ4n) is 2.67. The average Bonchev–Trinajstić information content (AvgIpc) is 3.20. The number of rotatable bonds is 6. The first-order chi connectivity index (χ1) is 12.9. The first kappa shape index (κ1) is 18.8. The fourth-order valence-corrected chi connectivity index (χ4v) is 3.41. The number of anilines is 2. The monoisotopic (exact) mass is 384 g/mol. The molecular formula is C19H20N4O3S. The molecule has 0 fully saturated rings. The molecule has 140 valence electrons. The zero-order valence-electron chi connectivity index (χ0n) is 15.3. The number of nitrogens with one attached hydrogen (secondary N) is 2. The quantitative estimate of drug-likeness (QED) is 0.671. The van der Waals surface area contributed by atoms with Gasteiger partial charge in [0.15, 0.2) is 5.13 Å². The molecule has 8 heteroatoms. The highest BCUT2D eigenvalue weighted by Gasteiger charge is 2.13. The Morgan fingerprint density at radius 3 is 2.52 bits per heavy atom. The maximum absolute atomic E-state index is 12.2. The number of aromatic nitrogens is 2. The van der Waals surface area contributed by atoms with Gasteiger partial charge in [0.1, 0.15) is 5.76 Å². The Labute approximate surface area is 160 Å². The number of carbonyl (C=O) groups excluding carboxylic acids is 2. The number of benzene rings is 1. The Hall–Kier alpha value is -3.00. The van der Waals surface area contributed by atoms with Gasteiger partial charge in [-0.25, -0.2) is 4.98 Å². The lowest BCUT2D eigenvalue weighted by atomic mass is 10.1. The number of nitrogens with zero attached hydrogens (tertiary/aromatic N) is 2. The van der Waals surface area contributed by atoms with Gasteiger partial charge in [-0.3, -0.25) is 9.59 Å². The summed E-state index contributed by atoms with van der Waals surface area (Å²) in [6.45, 7) is 5.18. The third kappa shape index (κ3) is 4.79. The van der Waals surface area contributed by atoms with Crippen LogP contribution in [0.25, 0.3) is 11.3 Å². The molecule has 0 bridgehead atoms. The molecule has 0 aliphatic heterocycles. The molecule has 2 aromatic heterocycles. The molecule has 0 atom stereocenters. The predicted octanol–water partition coefficient (Wildman–Crippen LogP) is 3.94. The van der Waals surface area contributed by atoms with Gasteiger partial charge in [0, 0.05) is 35.5 Å². The molecule has 0 radical (unpaired) electrons. The third-order valence-electron chi connectivity index (χ3n) is 4.03. The van der Waals surface area contributed by atoms with E-state index in [1.165, 1.54) is 18.3 Å². The van der Waals surface area contributed by atoms with Crippen LogP contribution in [0.5, 0.6) is 0 Å². The SMILES string of the molecule is CC(=O)Nc1ccc(-c2csc(NC(=O)CCc3c(C)noc3C)n2)cc1. The first-order valence-corrected chi connectivity index (χ1v) is 9.35.